The van der Waals surface area contributed by atoms with Crippen LogP contribution < -0.4 is 10.1 Å². The number of hydrogen-bond donors (Lipinski definition) is 3. The van der Waals surface area contributed by atoms with Crippen molar-refractivity contribution in [2.75, 3.05) is 12.4 Å². The topological polar surface area (TPSA) is 121 Å². The number of fused-ring (bicyclic) bond motifs is 2. The molecule has 10 heteroatoms. The fourth-order valence-electron chi connectivity index (χ4n) is 4.72. The highest BCUT2D eigenvalue weighted by Gasteiger charge is 2.17. The number of benzene rings is 1. The molecule has 0 fully saturated rings. The average Bonchev–Trinajstić information content (AvgIpc) is 3.56. The van der Waals surface area contributed by atoms with Gasteiger partial charge in [0.2, 0.25) is 5.91 Å². The van der Waals surface area contributed by atoms with Gasteiger partial charge in [-0.3, -0.25) is 19.9 Å². The summed E-state index contributed by atoms with van der Waals surface area (Å²) in [6.45, 7) is 4.00. The molecule has 9 nitrogen and oxygen atoms in total. The molecule has 0 bridgehead atoms. The Labute approximate surface area is 228 Å². The van der Waals surface area contributed by atoms with E-state index < -0.39 is 5.82 Å². The minimum Gasteiger partial charge on any atom is -0.497 e. The molecule has 0 saturated carbocycles. The zero-order valence-corrected chi connectivity index (χ0v) is 22.1. The van der Waals surface area contributed by atoms with Crippen LogP contribution in [0.2, 0.25) is 0 Å². The van der Waals surface area contributed by atoms with E-state index in [0.29, 0.717) is 40.3 Å². The van der Waals surface area contributed by atoms with Gasteiger partial charge in [0, 0.05) is 41.4 Å². The minimum absolute atomic E-state index is 0.0566. The highest BCUT2D eigenvalue weighted by molar-refractivity contribution is 6.00. The van der Waals surface area contributed by atoms with Gasteiger partial charge in [-0.15, -0.1) is 0 Å². The Kier molecular flexibility index (Phi) is 6.43. The number of pyridine rings is 3. The second-order valence-corrected chi connectivity index (χ2v) is 9.98. The Morgan fingerprint density at radius 1 is 1.00 bits per heavy atom. The molecule has 200 valence electrons. The number of methoxy groups -OCH3 is 1. The maximum atomic E-state index is 14.3. The smallest absolute Gasteiger partial charge is 0.224 e. The summed E-state index contributed by atoms with van der Waals surface area (Å²) in [6.07, 6.45) is 7.18. The Bertz CT molecular complexity index is 1880. The van der Waals surface area contributed by atoms with Crippen molar-refractivity contribution >= 4 is 33.5 Å². The van der Waals surface area contributed by atoms with Crippen molar-refractivity contribution in [3.63, 3.8) is 0 Å². The molecule has 0 radical (unpaired) electrons. The maximum absolute atomic E-state index is 14.3. The van der Waals surface area contributed by atoms with Crippen molar-refractivity contribution < 1.29 is 13.9 Å². The van der Waals surface area contributed by atoms with Crippen LogP contribution in [0.5, 0.6) is 5.75 Å². The van der Waals surface area contributed by atoms with Crippen molar-refractivity contribution in [1.29, 1.82) is 0 Å². The summed E-state index contributed by atoms with van der Waals surface area (Å²) in [4.78, 5) is 29.2. The van der Waals surface area contributed by atoms with E-state index in [2.05, 4.69) is 30.5 Å². The molecule has 6 rings (SSSR count). The average molecular weight is 536 g/mol. The van der Waals surface area contributed by atoms with Gasteiger partial charge in [-0.1, -0.05) is 13.8 Å². The van der Waals surface area contributed by atoms with Gasteiger partial charge >= 0.3 is 0 Å². The molecule has 5 heterocycles. The molecule has 6 aromatic rings. The number of aromatic amines is 2. The van der Waals surface area contributed by atoms with Gasteiger partial charge in [-0.2, -0.15) is 5.10 Å². The molecular formula is C30H26FN7O2. The quantitative estimate of drug-likeness (QED) is 0.219. The Morgan fingerprint density at radius 2 is 1.85 bits per heavy atom. The monoisotopic (exact) mass is 535 g/mol. The summed E-state index contributed by atoms with van der Waals surface area (Å²) in [5.74, 6) is 0.234. The number of nitrogens with zero attached hydrogens (tertiary/aromatic N) is 4. The Balaban J connectivity index is 1.38. The standard InChI is InChI=1S/C30H26FN7O2/c1-16(2)6-28(39)34-20-8-18(12-32-13-20)24-4-5-25-29(36-24)30(38-37-25)26-11-22-23(14-33-15-27(22)35-26)17-7-19(31)10-21(9-17)40-3/h4-5,7-16,35H,6H2,1-3H3,(H,34,39)(H,37,38). The highest BCUT2D eigenvalue weighted by atomic mass is 19.1. The van der Waals surface area contributed by atoms with E-state index in [4.69, 9.17) is 9.72 Å². The Morgan fingerprint density at radius 3 is 2.67 bits per heavy atom. The van der Waals surface area contributed by atoms with Crippen LogP contribution >= 0.6 is 0 Å². The van der Waals surface area contributed by atoms with Gasteiger partial charge in [-0.05, 0) is 47.9 Å². The van der Waals surface area contributed by atoms with E-state index in [0.717, 1.165) is 33.2 Å². The van der Waals surface area contributed by atoms with Crippen LogP contribution in [0, 0.1) is 11.7 Å². The third-order valence-corrected chi connectivity index (χ3v) is 6.54. The van der Waals surface area contributed by atoms with Crippen LogP contribution in [0.1, 0.15) is 20.3 Å². The largest absolute Gasteiger partial charge is 0.497 e. The van der Waals surface area contributed by atoms with Gasteiger partial charge in [0.25, 0.3) is 0 Å². The van der Waals surface area contributed by atoms with Gasteiger partial charge in [0.1, 0.15) is 22.8 Å². The van der Waals surface area contributed by atoms with Crippen LogP contribution in [0.4, 0.5) is 10.1 Å². The van der Waals surface area contributed by atoms with E-state index in [1.807, 2.05) is 38.1 Å². The van der Waals surface area contributed by atoms with Gasteiger partial charge in [0.15, 0.2) is 0 Å². The zero-order chi connectivity index (χ0) is 27.8. The van der Waals surface area contributed by atoms with Crippen LogP contribution in [-0.4, -0.2) is 43.2 Å². The van der Waals surface area contributed by atoms with Crippen LogP contribution in [-0.2, 0) is 4.79 Å². The van der Waals surface area contributed by atoms with E-state index in [-0.39, 0.29) is 11.8 Å². The SMILES string of the molecule is COc1cc(F)cc(-c2cncc3[nH]c(-c4n[nH]c5ccc(-c6cncc(NC(=O)CC(C)C)c6)nc45)cc23)c1. The van der Waals surface area contributed by atoms with Crippen LogP contribution in [0.15, 0.2) is 67.3 Å². The summed E-state index contributed by atoms with van der Waals surface area (Å²) in [5, 5.41) is 11.3. The first-order valence-electron chi connectivity index (χ1n) is 12.8. The molecule has 0 aliphatic heterocycles. The molecule has 0 unspecified atom stereocenters. The third-order valence-electron chi connectivity index (χ3n) is 6.54. The Hall–Kier alpha value is -5.12. The molecular weight excluding hydrogens is 509 g/mol. The van der Waals surface area contributed by atoms with Crippen molar-refractivity contribution in [2.45, 2.75) is 20.3 Å². The van der Waals surface area contributed by atoms with Crippen molar-refractivity contribution in [1.82, 2.24) is 30.1 Å². The van der Waals surface area contributed by atoms with E-state index in [9.17, 15) is 9.18 Å². The molecule has 3 N–H and O–H groups in total. The molecule has 0 atom stereocenters. The molecule has 40 heavy (non-hydrogen) atoms. The number of anilines is 1. The summed E-state index contributed by atoms with van der Waals surface area (Å²) in [5.41, 5.74) is 7.04. The zero-order valence-electron chi connectivity index (χ0n) is 22.1. The molecule has 0 aliphatic rings. The lowest BCUT2D eigenvalue weighted by Gasteiger charge is -2.08. The van der Waals surface area contributed by atoms with Crippen LogP contribution in [0.3, 0.4) is 0 Å². The molecule has 0 saturated heterocycles. The second kappa shape index (κ2) is 10.2. The highest BCUT2D eigenvalue weighted by Crippen LogP contribution is 2.35. The minimum atomic E-state index is -0.393. The first-order valence-corrected chi connectivity index (χ1v) is 12.8. The lowest BCUT2D eigenvalue weighted by Crippen LogP contribution is -2.13. The molecule has 0 spiro atoms. The maximum Gasteiger partial charge on any atom is 0.224 e. The summed E-state index contributed by atoms with van der Waals surface area (Å²) in [6, 6.07) is 12.2. The fraction of sp³-hybridized carbons (Fsp3) is 0.167. The van der Waals surface area contributed by atoms with Crippen molar-refractivity contribution in [3.8, 4) is 39.5 Å². The van der Waals surface area contributed by atoms with Gasteiger partial charge in [-0.25, -0.2) is 9.37 Å². The first kappa shape index (κ1) is 25.2. The van der Waals surface area contributed by atoms with Crippen molar-refractivity contribution in [3.05, 3.63) is 73.1 Å². The molecule has 0 aliphatic carbocycles. The summed E-state index contributed by atoms with van der Waals surface area (Å²) < 4.78 is 19.5. The van der Waals surface area contributed by atoms with Gasteiger partial charge < -0.3 is 15.0 Å². The second-order valence-electron chi connectivity index (χ2n) is 9.98. The number of amides is 1. The number of halogens is 1. The van der Waals surface area contributed by atoms with E-state index in [1.165, 1.54) is 19.2 Å². The molecule has 1 amide bonds. The molecule has 5 aromatic heterocycles. The lowest BCUT2D eigenvalue weighted by atomic mass is 10.0. The summed E-state index contributed by atoms with van der Waals surface area (Å²) >= 11 is 0. The lowest BCUT2D eigenvalue weighted by molar-refractivity contribution is -0.116. The fourth-order valence-corrected chi connectivity index (χ4v) is 4.72. The van der Waals surface area contributed by atoms with Crippen LogP contribution in [0.25, 0.3) is 55.7 Å². The van der Waals surface area contributed by atoms with E-state index in [1.54, 1.807) is 30.9 Å². The van der Waals surface area contributed by atoms with E-state index >= 15 is 0 Å². The number of hydrogen-bond acceptors (Lipinski definition) is 6. The first-order chi connectivity index (χ1) is 19.4. The number of nitrogens with one attached hydrogen (secondary N) is 3. The molecule has 1 aromatic carbocycles. The predicted octanol–water partition coefficient (Wildman–Crippen LogP) is 6.36. The number of carbonyl (C=O) groups excluding carboxylic acids is 1. The predicted molar refractivity (Wildman–Crippen MR) is 152 cm³/mol. The third kappa shape index (κ3) is 4.86. The van der Waals surface area contributed by atoms with Crippen molar-refractivity contribution in [2.24, 2.45) is 5.92 Å². The normalized spacial score (nSPS) is 11.4. The number of carbonyl (C=O) groups is 1. The number of rotatable bonds is 7. The number of aromatic nitrogens is 6. The summed E-state index contributed by atoms with van der Waals surface area (Å²) in [7, 11) is 1.50. The number of ether oxygens (including phenoxy) is 1. The van der Waals surface area contributed by atoms with Gasteiger partial charge in [0.05, 0.1) is 47.6 Å². The number of H-pyrrole nitrogens is 2.